The molecular weight excluding hydrogens is 320 g/mol. The topological polar surface area (TPSA) is 44.0 Å². The largest absolute Gasteiger partial charge is 0.342 e. The SMILES string of the molecule is Cl.c1ccc(-c2ccc3nc(N4CC5CNCC5C4)[nH]c3c2)cc1. The highest BCUT2D eigenvalue weighted by Crippen LogP contribution is 2.31. The number of hydrogen-bond donors (Lipinski definition) is 2. The van der Waals surface area contributed by atoms with Gasteiger partial charge in [-0.2, -0.15) is 0 Å². The van der Waals surface area contributed by atoms with E-state index in [2.05, 4.69) is 63.7 Å². The summed E-state index contributed by atoms with van der Waals surface area (Å²) in [4.78, 5) is 10.8. The number of nitrogens with one attached hydrogen (secondary N) is 2. The Hall–Kier alpha value is -2.04. The fraction of sp³-hybridized carbons (Fsp3) is 0.316. The first kappa shape index (κ1) is 15.5. The first-order valence-electron chi connectivity index (χ1n) is 8.38. The van der Waals surface area contributed by atoms with Crippen LogP contribution in [0.2, 0.25) is 0 Å². The maximum Gasteiger partial charge on any atom is 0.203 e. The van der Waals surface area contributed by atoms with Crippen LogP contribution in [0.4, 0.5) is 5.95 Å². The normalized spacial score (nSPS) is 22.6. The van der Waals surface area contributed by atoms with Gasteiger partial charge in [-0.15, -0.1) is 12.4 Å². The Bertz CT molecular complexity index is 833. The van der Waals surface area contributed by atoms with Gasteiger partial charge in [0, 0.05) is 26.2 Å². The molecule has 2 aliphatic rings. The summed E-state index contributed by atoms with van der Waals surface area (Å²) in [6, 6.07) is 17.0. The van der Waals surface area contributed by atoms with Gasteiger partial charge in [0.15, 0.2) is 0 Å². The Morgan fingerprint density at radius 3 is 2.42 bits per heavy atom. The summed E-state index contributed by atoms with van der Waals surface area (Å²) in [6.07, 6.45) is 0. The van der Waals surface area contributed by atoms with E-state index in [-0.39, 0.29) is 12.4 Å². The first-order valence-corrected chi connectivity index (χ1v) is 8.38. The number of anilines is 1. The van der Waals surface area contributed by atoms with Crippen molar-refractivity contribution in [2.45, 2.75) is 0 Å². The lowest BCUT2D eigenvalue weighted by Gasteiger charge is -2.15. The van der Waals surface area contributed by atoms with Crippen LogP contribution in [0, 0.1) is 11.8 Å². The lowest BCUT2D eigenvalue weighted by Crippen LogP contribution is -2.26. The van der Waals surface area contributed by atoms with Crippen LogP contribution >= 0.6 is 12.4 Å². The second-order valence-corrected chi connectivity index (χ2v) is 6.74. The van der Waals surface area contributed by atoms with E-state index in [4.69, 9.17) is 4.98 Å². The second-order valence-electron chi connectivity index (χ2n) is 6.74. The summed E-state index contributed by atoms with van der Waals surface area (Å²) in [5.41, 5.74) is 4.65. The number of nitrogens with zero attached hydrogens (tertiary/aromatic N) is 2. The molecule has 0 bridgehead atoms. The van der Waals surface area contributed by atoms with Crippen LogP contribution in [0.25, 0.3) is 22.2 Å². The Labute approximate surface area is 147 Å². The summed E-state index contributed by atoms with van der Waals surface area (Å²) in [5, 5.41) is 3.49. The molecule has 0 radical (unpaired) electrons. The second kappa shape index (κ2) is 6.11. The molecule has 24 heavy (non-hydrogen) atoms. The standard InChI is InChI=1S/C19H20N4.ClH/c1-2-4-13(5-3-1)14-6-7-17-18(8-14)22-19(21-17)23-11-15-9-20-10-16(15)12-23;/h1-8,15-16,20H,9-12H2,(H,21,22);1H. The van der Waals surface area contributed by atoms with Crippen molar-refractivity contribution >= 4 is 29.4 Å². The lowest BCUT2D eigenvalue weighted by atomic mass is 10.0. The van der Waals surface area contributed by atoms with Gasteiger partial charge in [0.2, 0.25) is 5.95 Å². The molecule has 2 N–H and O–H groups in total. The molecule has 2 saturated heterocycles. The molecule has 4 nitrogen and oxygen atoms in total. The molecule has 2 fully saturated rings. The Morgan fingerprint density at radius 2 is 1.67 bits per heavy atom. The number of aromatic nitrogens is 2. The van der Waals surface area contributed by atoms with Gasteiger partial charge in [-0.1, -0.05) is 36.4 Å². The zero-order valence-corrected chi connectivity index (χ0v) is 14.2. The summed E-state index contributed by atoms with van der Waals surface area (Å²) < 4.78 is 0. The van der Waals surface area contributed by atoms with E-state index in [0.29, 0.717) is 0 Å². The van der Waals surface area contributed by atoms with Gasteiger partial charge in [0.05, 0.1) is 11.0 Å². The first-order chi connectivity index (χ1) is 11.4. The van der Waals surface area contributed by atoms with E-state index in [1.54, 1.807) is 0 Å². The van der Waals surface area contributed by atoms with Crippen molar-refractivity contribution in [1.29, 1.82) is 0 Å². The lowest BCUT2D eigenvalue weighted by molar-refractivity contribution is 0.533. The maximum absolute atomic E-state index is 4.81. The van der Waals surface area contributed by atoms with Crippen molar-refractivity contribution in [1.82, 2.24) is 15.3 Å². The molecule has 2 aliphatic heterocycles. The van der Waals surface area contributed by atoms with Crippen molar-refractivity contribution in [3.63, 3.8) is 0 Å². The number of hydrogen-bond acceptors (Lipinski definition) is 3. The van der Waals surface area contributed by atoms with Gasteiger partial charge < -0.3 is 15.2 Å². The fourth-order valence-corrected chi connectivity index (χ4v) is 3.98. The molecule has 3 aromatic rings. The highest BCUT2D eigenvalue weighted by atomic mass is 35.5. The van der Waals surface area contributed by atoms with Crippen LogP contribution in [0.15, 0.2) is 48.5 Å². The molecule has 0 amide bonds. The van der Waals surface area contributed by atoms with Crippen LogP contribution in [-0.4, -0.2) is 36.1 Å². The Kier molecular flexibility index (Phi) is 3.94. The van der Waals surface area contributed by atoms with Gasteiger partial charge in [0.1, 0.15) is 0 Å². The molecule has 0 saturated carbocycles. The fourth-order valence-electron chi connectivity index (χ4n) is 3.98. The molecule has 5 rings (SSSR count). The van der Waals surface area contributed by atoms with E-state index < -0.39 is 0 Å². The van der Waals surface area contributed by atoms with Gasteiger partial charge >= 0.3 is 0 Å². The van der Waals surface area contributed by atoms with Crippen molar-refractivity contribution in [3.8, 4) is 11.1 Å². The highest BCUT2D eigenvalue weighted by molar-refractivity contribution is 5.85. The van der Waals surface area contributed by atoms with Crippen LogP contribution in [0.1, 0.15) is 0 Å². The summed E-state index contributed by atoms with van der Waals surface area (Å²) in [7, 11) is 0. The number of halogens is 1. The molecule has 0 spiro atoms. The highest BCUT2D eigenvalue weighted by Gasteiger charge is 2.37. The van der Waals surface area contributed by atoms with E-state index in [9.17, 15) is 0 Å². The Balaban J connectivity index is 0.00000146. The molecule has 5 heteroatoms. The zero-order chi connectivity index (χ0) is 15.2. The van der Waals surface area contributed by atoms with Gasteiger partial charge in [0.25, 0.3) is 0 Å². The van der Waals surface area contributed by atoms with E-state index >= 15 is 0 Å². The number of aromatic amines is 1. The van der Waals surface area contributed by atoms with Crippen molar-refractivity contribution in [2.75, 3.05) is 31.1 Å². The molecule has 0 aliphatic carbocycles. The summed E-state index contributed by atoms with van der Waals surface area (Å²) in [6.45, 7) is 4.53. The van der Waals surface area contributed by atoms with Crippen LogP contribution in [-0.2, 0) is 0 Å². The smallest absolute Gasteiger partial charge is 0.203 e. The van der Waals surface area contributed by atoms with Crippen LogP contribution < -0.4 is 10.2 Å². The molecule has 124 valence electrons. The minimum absolute atomic E-state index is 0. The Morgan fingerprint density at radius 1 is 0.917 bits per heavy atom. The third-order valence-electron chi connectivity index (χ3n) is 5.27. The van der Waals surface area contributed by atoms with Crippen molar-refractivity contribution in [3.05, 3.63) is 48.5 Å². The predicted octanol–water partition coefficient (Wildman–Crippen LogP) is 3.31. The summed E-state index contributed by atoms with van der Waals surface area (Å²) in [5.74, 6) is 2.59. The number of imidazole rings is 1. The van der Waals surface area contributed by atoms with Crippen molar-refractivity contribution < 1.29 is 0 Å². The van der Waals surface area contributed by atoms with E-state index in [1.807, 2.05) is 0 Å². The third kappa shape index (κ3) is 2.56. The predicted molar refractivity (Wildman–Crippen MR) is 101 cm³/mol. The van der Waals surface area contributed by atoms with Crippen LogP contribution in [0.5, 0.6) is 0 Å². The summed E-state index contributed by atoms with van der Waals surface area (Å²) >= 11 is 0. The monoisotopic (exact) mass is 340 g/mol. The molecule has 2 aromatic carbocycles. The average molecular weight is 341 g/mol. The number of H-pyrrole nitrogens is 1. The van der Waals surface area contributed by atoms with Gasteiger partial charge in [-0.05, 0) is 35.1 Å². The molecule has 2 atom stereocenters. The quantitative estimate of drug-likeness (QED) is 0.752. The van der Waals surface area contributed by atoms with Gasteiger partial charge in [-0.25, -0.2) is 4.98 Å². The van der Waals surface area contributed by atoms with Crippen LogP contribution in [0.3, 0.4) is 0 Å². The molecule has 3 heterocycles. The van der Waals surface area contributed by atoms with E-state index in [0.717, 1.165) is 55.0 Å². The molecule has 2 unspecified atom stereocenters. The number of benzene rings is 2. The number of fused-ring (bicyclic) bond motifs is 2. The third-order valence-corrected chi connectivity index (χ3v) is 5.27. The van der Waals surface area contributed by atoms with Crippen molar-refractivity contribution in [2.24, 2.45) is 11.8 Å². The molecule has 1 aromatic heterocycles. The number of rotatable bonds is 2. The maximum atomic E-state index is 4.81. The zero-order valence-electron chi connectivity index (χ0n) is 13.4. The van der Waals surface area contributed by atoms with Gasteiger partial charge in [-0.3, -0.25) is 0 Å². The minimum atomic E-state index is 0. The van der Waals surface area contributed by atoms with E-state index in [1.165, 1.54) is 11.1 Å². The minimum Gasteiger partial charge on any atom is -0.342 e. The molecular formula is C19H21ClN4. The average Bonchev–Trinajstić information content (AvgIpc) is 3.28.